The first-order valence-corrected chi connectivity index (χ1v) is 5.24. The molecule has 2 atom stereocenters. The first-order valence-electron chi connectivity index (χ1n) is 5.24. The number of ether oxygens (including phenoxy) is 1. The van der Waals surface area contributed by atoms with Crippen LogP contribution in [0.3, 0.4) is 0 Å². The zero-order valence-corrected chi connectivity index (χ0v) is 9.31. The number of benzene rings is 1. The molecule has 0 aliphatic heterocycles. The molecule has 0 heterocycles. The summed E-state index contributed by atoms with van der Waals surface area (Å²) in [6.45, 7) is 7.54. The van der Waals surface area contributed by atoms with Crippen LogP contribution in [-0.2, 0) is 0 Å². The Morgan fingerprint density at radius 1 is 1.40 bits per heavy atom. The van der Waals surface area contributed by atoms with Crippen LogP contribution in [0.5, 0.6) is 5.75 Å². The molecule has 0 fully saturated rings. The number of aliphatic hydroxyl groups is 1. The smallest absolute Gasteiger partial charge is 0.120 e. The van der Waals surface area contributed by atoms with Gasteiger partial charge in [0.1, 0.15) is 11.9 Å². The molecule has 1 unspecified atom stereocenters. The van der Waals surface area contributed by atoms with Crippen LogP contribution in [0, 0.1) is 0 Å². The zero-order valence-electron chi connectivity index (χ0n) is 9.31. The fourth-order valence-electron chi connectivity index (χ4n) is 1.27. The van der Waals surface area contributed by atoms with E-state index in [-0.39, 0.29) is 12.2 Å². The van der Waals surface area contributed by atoms with Crippen LogP contribution in [0.25, 0.3) is 0 Å². The van der Waals surface area contributed by atoms with E-state index in [1.165, 1.54) is 0 Å². The molecule has 0 saturated heterocycles. The molecule has 0 spiro atoms. The van der Waals surface area contributed by atoms with Gasteiger partial charge in [-0.1, -0.05) is 31.7 Å². The average Bonchev–Trinajstić information content (AvgIpc) is 2.29. The van der Waals surface area contributed by atoms with Crippen LogP contribution in [-0.4, -0.2) is 11.2 Å². The molecule has 0 saturated carbocycles. The highest BCUT2D eigenvalue weighted by molar-refractivity contribution is 5.28. The SMILES string of the molecule is C=CC(C)Oc1ccc([C@@H](O)CC)cc1. The van der Waals surface area contributed by atoms with Gasteiger partial charge in [-0.25, -0.2) is 0 Å². The lowest BCUT2D eigenvalue weighted by molar-refractivity contribution is 0.173. The molecule has 15 heavy (non-hydrogen) atoms. The second kappa shape index (κ2) is 5.56. The Balaban J connectivity index is 2.67. The molecule has 82 valence electrons. The molecular weight excluding hydrogens is 188 g/mol. The van der Waals surface area contributed by atoms with E-state index < -0.39 is 0 Å². The highest BCUT2D eigenvalue weighted by Crippen LogP contribution is 2.20. The van der Waals surface area contributed by atoms with Gasteiger partial charge >= 0.3 is 0 Å². The largest absolute Gasteiger partial charge is 0.487 e. The molecule has 1 rings (SSSR count). The first-order chi connectivity index (χ1) is 7.17. The minimum absolute atomic E-state index is 0.00643. The standard InChI is InChI=1S/C13H18O2/c1-4-10(3)15-12-8-6-11(7-9-12)13(14)5-2/h4,6-10,13-14H,1,5H2,2-3H3/t10?,13-/m0/s1. The van der Waals surface area contributed by atoms with Crippen LogP contribution in [0.15, 0.2) is 36.9 Å². The highest BCUT2D eigenvalue weighted by Gasteiger charge is 2.05. The maximum Gasteiger partial charge on any atom is 0.120 e. The van der Waals surface area contributed by atoms with E-state index in [0.717, 1.165) is 17.7 Å². The zero-order chi connectivity index (χ0) is 11.3. The predicted octanol–water partition coefficient (Wildman–Crippen LogP) is 3.08. The summed E-state index contributed by atoms with van der Waals surface area (Å²) in [6.07, 6.45) is 2.10. The van der Waals surface area contributed by atoms with E-state index in [0.29, 0.717) is 0 Å². The molecular formula is C13H18O2. The summed E-state index contributed by atoms with van der Waals surface area (Å²) >= 11 is 0. The van der Waals surface area contributed by atoms with Gasteiger partial charge in [0.05, 0.1) is 6.10 Å². The van der Waals surface area contributed by atoms with Crippen molar-refractivity contribution in [2.75, 3.05) is 0 Å². The van der Waals surface area contributed by atoms with Crippen LogP contribution < -0.4 is 4.74 Å². The summed E-state index contributed by atoms with van der Waals surface area (Å²) in [5, 5.41) is 9.59. The minimum Gasteiger partial charge on any atom is -0.487 e. The van der Waals surface area contributed by atoms with Gasteiger partial charge < -0.3 is 9.84 Å². The van der Waals surface area contributed by atoms with Crippen molar-refractivity contribution in [3.63, 3.8) is 0 Å². The van der Waals surface area contributed by atoms with Gasteiger partial charge in [-0.15, -0.1) is 0 Å². The van der Waals surface area contributed by atoms with Crippen molar-refractivity contribution < 1.29 is 9.84 Å². The minimum atomic E-state index is -0.379. The van der Waals surface area contributed by atoms with Gasteiger partial charge in [0.15, 0.2) is 0 Å². The second-order valence-electron chi connectivity index (χ2n) is 3.55. The Labute approximate surface area is 91.2 Å². The molecule has 0 aromatic heterocycles. The monoisotopic (exact) mass is 206 g/mol. The maximum absolute atomic E-state index is 9.59. The molecule has 0 bridgehead atoms. The number of hydrogen-bond acceptors (Lipinski definition) is 2. The van der Waals surface area contributed by atoms with Crippen molar-refractivity contribution in [2.24, 2.45) is 0 Å². The van der Waals surface area contributed by atoms with Gasteiger partial charge in [0.25, 0.3) is 0 Å². The average molecular weight is 206 g/mol. The summed E-state index contributed by atoms with van der Waals surface area (Å²) in [6, 6.07) is 7.51. The van der Waals surface area contributed by atoms with Crippen molar-refractivity contribution >= 4 is 0 Å². The van der Waals surface area contributed by atoms with Gasteiger partial charge in [0.2, 0.25) is 0 Å². The van der Waals surface area contributed by atoms with E-state index in [2.05, 4.69) is 6.58 Å². The van der Waals surface area contributed by atoms with Crippen molar-refractivity contribution in [2.45, 2.75) is 32.5 Å². The van der Waals surface area contributed by atoms with E-state index in [4.69, 9.17) is 4.74 Å². The molecule has 0 amide bonds. The molecule has 2 heteroatoms. The van der Waals surface area contributed by atoms with E-state index in [9.17, 15) is 5.11 Å². The van der Waals surface area contributed by atoms with Gasteiger partial charge in [-0.2, -0.15) is 0 Å². The lowest BCUT2D eigenvalue weighted by Crippen LogP contribution is -2.07. The highest BCUT2D eigenvalue weighted by atomic mass is 16.5. The van der Waals surface area contributed by atoms with Crippen molar-refractivity contribution in [1.29, 1.82) is 0 Å². The van der Waals surface area contributed by atoms with Crippen molar-refractivity contribution in [3.05, 3.63) is 42.5 Å². The fraction of sp³-hybridized carbons (Fsp3) is 0.385. The molecule has 0 aliphatic rings. The van der Waals surface area contributed by atoms with Crippen LogP contribution in [0.2, 0.25) is 0 Å². The Morgan fingerprint density at radius 2 is 2.00 bits per heavy atom. The summed E-state index contributed by atoms with van der Waals surface area (Å²) in [7, 11) is 0. The molecule has 0 aliphatic carbocycles. The van der Waals surface area contributed by atoms with E-state index in [1.54, 1.807) is 6.08 Å². The summed E-state index contributed by atoms with van der Waals surface area (Å²) < 4.78 is 5.53. The van der Waals surface area contributed by atoms with Crippen LogP contribution in [0.4, 0.5) is 0 Å². The van der Waals surface area contributed by atoms with E-state index >= 15 is 0 Å². The molecule has 2 nitrogen and oxygen atoms in total. The number of rotatable bonds is 5. The first kappa shape index (κ1) is 11.8. The number of hydrogen-bond donors (Lipinski definition) is 1. The summed E-state index contributed by atoms with van der Waals surface area (Å²) in [5.41, 5.74) is 0.927. The number of aliphatic hydroxyl groups excluding tert-OH is 1. The topological polar surface area (TPSA) is 29.5 Å². The van der Waals surface area contributed by atoms with Crippen LogP contribution in [0.1, 0.15) is 31.9 Å². The third-order valence-corrected chi connectivity index (χ3v) is 2.31. The van der Waals surface area contributed by atoms with Gasteiger partial charge in [-0.05, 0) is 31.0 Å². The lowest BCUT2D eigenvalue weighted by Gasteiger charge is -2.12. The second-order valence-corrected chi connectivity index (χ2v) is 3.55. The third kappa shape index (κ3) is 3.40. The van der Waals surface area contributed by atoms with Crippen molar-refractivity contribution in [1.82, 2.24) is 0 Å². The molecule has 1 aromatic carbocycles. The lowest BCUT2D eigenvalue weighted by atomic mass is 10.1. The summed E-state index contributed by atoms with van der Waals surface area (Å²) in [5.74, 6) is 0.800. The Bertz CT molecular complexity index is 303. The maximum atomic E-state index is 9.59. The van der Waals surface area contributed by atoms with Gasteiger partial charge in [0, 0.05) is 0 Å². The van der Waals surface area contributed by atoms with Crippen LogP contribution >= 0.6 is 0 Å². The third-order valence-electron chi connectivity index (χ3n) is 2.31. The normalized spacial score (nSPS) is 14.3. The Morgan fingerprint density at radius 3 is 2.47 bits per heavy atom. The quantitative estimate of drug-likeness (QED) is 0.750. The Hall–Kier alpha value is -1.28. The predicted molar refractivity (Wildman–Crippen MR) is 62.0 cm³/mol. The molecule has 1 N–H and O–H groups in total. The Kier molecular flexibility index (Phi) is 4.37. The molecule has 1 aromatic rings. The van der Waals surface area contributed by atoms with Gasteiger partial charge in [-0.3, -0.25) is 0 Å². The van der Waals surface area contributed by atoms with E-state index in [1.807, 2.05) is 38.1 Å². The fourth-order valence-corrected chi connectivity index (χ4v) is 1.27. The summed E-state index contributed by atoms with van der Waals surface area (Å²) in [4.78, 5) is 0. The molecule has 0 radical (unpaired) electrons. The van der Waals surface area contributed by atoms with Crippen molar-refractivity contribution in [3.8, 4) is 5.75 Å².